The molecular formula is C16H16BrCl2NO. The first-order valence-corrected chi connectivity index (χ1v) is 8.19. The standard InChI is InChI=1S/C16H16BrCl2NO/c1-2-14(20)16(11-5-3-4-6-12(11)18)21-15-9-10(17)7-8-13(15)19/h3-9,14,16H,2,20H2,1H3. The molecule has 0 spiro atoms. The molecule has 5 heteroatoms. The van der Waals surface area contributed by atoms with Crippen LogP contribution in [0.15, 0.2) is 46.9 Å². The molecule has 2 N–H and O–H groups in total. The van der Waals surface area contributed by atoms with E-state index in [-0.39, 0.29) is 12.1 Å². The van der Waals surface area contributed by atoms with Gasteiger partial charge in [-0.15, -0.1) is 0 Å². The van der Waals surface area contributed by atoms with Crippen LogP contribution in [0.4, 0.5) is 0 Å². The van der Waals surface area contributed by atoms with Crippen molar-refractivity contribution in [2.45, 2.75) is 25.5 Å². The number of halogens is 3. The Morgan fingerprint density at radius 1 is 1.14 bits per heavy atom. The lowest BCUT2D eigenvalue weighted by Gasteiger charge is -2.26. The van der Waals surface area contributed by atoms with Gasteiger partial charge in [0.2, 0.25) is 0 Å². The van der Waals surface area contributed by atoms with E-state index in [1.54, 1.807) is 6.07 Å². The van der Waals surface area contributed by atoms with Crippen molar-refractivity contribution in [1.29, 1.82) is 0 Å². The van der Waals surface area contributed by atoms with E-state index in [1.165, 1.54) is 0 Å². The fourth-order valence-corrected chi connectivity index (χ4v) is 2.75. The molecule has 0 amide bonds. The SMILES string of the molecule is CCC(N)C(Oc1cc(Br)ccc1Cl)c1ccccc1Cl. The van der Waals surface area contributed by atoms with E-state index in [0.717, 1.165) is 16.5 Å². The van der Waals surface area contributed by atoms with Crippen LogP contribution in [0.1, 0.15) is 25.0 Å². The van der Waals surface area contributed by atoms with Crippen molar-refractivity contribution >= 4 is 39.1 Å². The zero-order chi connectivity index (χ0) is 15.4. The first kappa shape index (κ1) is 16.6. The summed E-state index contributed by atoms with van der Waals surface area (Å²) < 4.78 is 6.97. The Balaban J connectivity index is 2.38. The van der Waals surface area contributed by atoms with Crippen LogP contribution in [0.25, 0.3) is 0 Å². The third-order valence-corrected chi connectivity index (χ3v) is 4.37. The lowest BCUT2D eigenvalue weighted by Crippen LogP contribution is -2.31. The van der Waals surface area contributed by atoms with Crippen LogP contribution in [-0.2, 0) is 0 Å². The number of ether oxygens (including phenoxy) is 1. The van der Waals surface area contributed by atoms with Crippen molar-refractivity contribution in [3.8, 4) is 5.75 Å². The van der Waals surface area contributed by atoms with Crippen LogP contribution < -0.4 is 10.5 Å². The zero-order valence-electron chi connectivity index (χ0n) is 11.5. The molecule has 0 aromatic heterocycles. The Kier molecular flexibility index (Phi) is 5.94. The average Bonchev–Trinajstić information content (AvgIpc) is 2.48. The predicted molar refractivity (Wildman–Crippen MR) is 92.2 cm³/mol. The van der Waals surface area contributed by atoms with Gasteiger partial charge in [0.1, 0.15) is 11.9 Å². The highest BCUT2D eigenvalue weighted by Gasteiger charge is 2.23. The summed E-state index contributed by atoms with van der Waals surface area (Å²) in [5.74, 6) is 0.583. The number of hydrogen-bond donors (Lipinski definition) is 1. The van der Waals surface area contributed by atoms with Gasteiger partial charge in [0.25, 0.3) is 0 Å². The lowest BCUT2D eigenvalue weighted by atomic mass is 10.0. The quantitative estimate of drug-likeness (QED) is 0.721. The number of hydrogen-bond acceptors (Lipinski definition) is 2. The highest BCUT2D eigenvalue weighted by molar-refractivity contribution is 9.10. The summed E-state index contributed by atoms with van der Waals surface area (Å²) in [6.45, 7) is 2.01. The van der Waals surface area contributed by atoms with Gasteiger partial charge in [0, 0.05) is 21.1 Å². The van der Waals surface area contributed by atoms with Crippen molar-refractivity contribution in [2.75, 3.05) is 0 Å². The van der Waals surface area contributed by atoms with Crippen LogP contribution in [0.2, 0.25) is 10.0 Å². The molecule has 0 radical (unpaired) electrons. The molecule has 2 atom stereocenters. The van der Waals surface area contributed by atoms with Crippen LogP contribution in [0, 0.1) is 0 Å². The molecule has 0 heterocycles. The Hall–Kier alpha value is -0.740. The van der Waals surface area contributed by atoms with Gasteiger partial charge in [0.05, 0.1) is 5.02 Å². The maximum Gasteiger partial charge on any atom is 0.140 e. The minimum absolute atomic E-state index is 0.181. The summed E-state index contributed by atoms with van der Waals surface area (Å²) >= 11 is 15.9. The molecule has 21 heavy (non-hydrogen) atoms. The Morgan fingerprint density at radius 3 is 2.52 bits per heavy atom. The highest BCUT2D eigenvalue weighted by atomic mass is 79.9. The van der Waals surface area contributed by atoms with Gasteiger partial charge in [0.15, 0.2) is 0 Å². The molecule has 2 rings (SSSR count). The summed E-state index contributed by atoms with van der Waals surface area (Å²) in [5.41, 5.74) is 7.08. The van der Waals surface area contributed by atoms with E-state index in [1.807, 2.05) is 43.3 Å². The maximum absolute atomic E-state index is 6.28. The van der Waals surface area contributed by atoms with Crippen molar-refractivity contribution in [3.63, 3.8) is 0 Å². The molecule has 112 valence electrons. The third-order valence-electron chi connectivity index (χ3n) is 3.22. The molecule has 0 aliphatic carbocycles. The van der Waals surface area contributed by atoms with E-state index >= 15 is 0 Å². The van der Waals surface area contributed by atoms with Crippen LogP contribution in [-0.4, -0.2) is 6.04 Å². The molecular weight excluding hydrogens is 373 g/mol. The monoisotopic (exact) mass is 387 g/mol. The third kappa shape index (κ3) is 4.13. The largest absolute Gasteiger partial charge is 0.482 e. The van der Waals surface area contributed by atoms with Crippen molar-refractivity contribution in [1.82, 2.24) is 0 Å². The smallest absolute Gasteiger partial charge is 0.140 e. The van der Waals surface area contributed by atoms with Gasteiger partial charge in [-0.2, -0.15) is 0 Å². The van der Waals surface area contributed by atoms with E-state index in [2.05, 4.69) is 15.9 Å². The van der Waals surface area contributed by atoms with Gasteiger partial charge in [-0.25, -0.2) is 0 Å². The summed E-state index contributed by atoms with van der Waals surface area (Å²) in [6, 6.07) is 12.8. The number of nitrogens with two attached hydrogens (primary N) is 1. The second-order valence-corrected chi connectivity index (χ2v) is 6.44. The van der Waals surface area contributed by atoms with Crippen LogP contribution in [0.3, 0.4) is 0 Å². The van der Waals surface area contributed by atoms with E-state index in [9.17, 15) is 0 Å². The van der Waals surface area contributed by atoms with E-state index in [4.69, 9.17) is 33.7 Å². The van der Waals surface area contributed by atoms with Gasteiger partial charge >= 0.3 is 0 Å². The molecule has 0 saturated heterocycles. The average molecular weight is 389 g/mol. The molecule has 2 aromatic rings. The molecule has 0 bridgehead atoms. The molecule has 0 saturated carbocycles. The minimum atomic E-state index is -0.351. The Labute approximate surface area is 143 Å². The fourth-order valence-electron chi connectivity index (χ4n) is 2.01. The Morgan fingerprint density at radius 2 is 1.86 bits per heavy atom. The molecule has 0 fully saturated rings. The van der Waals surface area contributed by atoms with Gasteiger partial charge < -0.3 is 10.5 Å². The summed E-state index contributed by atoms with van der Waals surface area (Å²) in [7, 11) is 0. The molecule has 2 aromatic carbocycles. The minimum Gasteiger partial charge on any atom is -0.482 e. The lowest BCUT2D eigenvalue weighted by molar-refractivity contribution is 0.171. The second kappa shape index (κ2) is 7.50. The highest BCUT2D eigenvalue weighted by Crippen LogP contribution is 2.35. The summed E-state index contributed by atoms with van der Waals surface area (Å²) in [6.07, 6.45) is 0.414. The van der Waals surface area contributed by atoms with Gasteiger partial charge in [-0.05, 0) is 30.7 Å². The van der Waals surface area contributed by atoms with Crippen molar-refractivity contribution < 1.29 is 4.74 Å². The fraction of sp³-hybridized carbons (Fsp3) is 0.250. The van der Waals surface area contributed by atoms with Crippen LogP contribution >= 0.6 is 39.1 Å². The van der Waals surface area contributed by atoms with Crippen LogP contribution in [0.5, 0.6) is 5.75 Å². The summed E-state index contributed by atoms with van der Waals surface area (Å²) in [5, 5.41) is 1.18. The summed E-state index contributed by atoms with van der Waals surface area (Å²) in [4.78, 5) is 0. The van der Waals surface area contributed by atoms with Crippen molar-refractivity contribution in [2.24, 2.45) is 5.73 Å². The Bertz CT molecular complexity index is 621. The van der Waals surface area contributed by atoms with Crippen molar-refractivity contribution in [3.05, 3.63) is 62.5 Å². The van der Waals surface area contributed by atoms with E-state index < -0.39 is 0 Å². The molecule has 0 aliphatic heterocycles. The number of rotatable bonds is 5. The first-order chi connectivity index (χ1) is 10.0. The molecule has 0 aliphatic rings. The van der Waals surface area contributed by atoms with E-state index in [0.29, 0.717) is 15.8 Å². The van der Waals surface area contributed by atoms with Gasteiger partial charge in [-0.3, -0.25) is 0 Å². The molecule has 2 nitrogen and oxygen atoms in total. The predicted octanol–water partition coefficient (Wildman–Crippen LogP) is 5.61. The first-order valence-electron chi connectivity index (χ1n) is 6.64. The number of benzene rings is 2. The maximum atomic E-state index is 6.28. The molecule has 2 unspecified atom stereocenters. The normalized spacial score (nSPS) is 13.8. The zero-order valence-corrected chi connectivity index (χ0v) is 14.6. The second-order valence-electron chi connectivity index (χ2n) is 4.71. The van der Waals surface area contributed by atoms with Gasteiger partial charge in [-0.1, -0.05) is 64.3 Å². The topological polar surface area (TPSA) is 35.2 Å².